The quantitative estimate of drug-likeness (QED) is 0.347. The lowest BCUT2D eigenvalue weighted by atomic mass is 10.1. The maximum absolute atomic E-state index is 5.83. The van der Waals surface area contributed by atoms with Crippen molar-refractivity contribution in [3.05, 3.63) is 83.8 Å². The van der Waals surface area contributed by atoms with Crippen LogP contribution in [0.3, 0.4) is 0 Å². The third-order valence-corrected chi connectivity index (χ3v) is 6.03. The number of fused-ring (bicyclic) bond motifs is 1. The number of para-hydroxylation sites is 2. The Kier molecular flexibility index (Phi) is 7.10. The SMILES string of the molecule is COc1ccc2[nH]c(C)c(CCN(Cc3ccccn3)C(=S)Nc3ccccc3OC)c2c1. The summed E-state index contributed by atoms with van der Waals surface area (Å²) < 4.78 is 10.9. The zero-order valence-electron chi connectivity index (χ0n) is 19.1. The van der Waals surface area contributed by atoms with Gasteiger partial charge in [-0.2, -0.15) is 0 Å². The van der Waals surface area contributed by atoms with Crippen LogP contribution in [0.15, 0.2) is 66.9 Å². The molecule has 0 aliphatic heterocycles. The topological polar surface area (TPSA) is 62.4 Å². The van der Waals surface area contributed by atoms with Crippen LogP contribution in [-0.2, 0) is 13.0 Å². The summed E-state index contributed by atoms with van der Waals surface area (Å²) in [5.74, 6) is 1.60. The standard InChI is InChI=1S/C26H28N4O2S/c1-18-21(22-16-20(31-2)11-12-23(22)28-18)13-15-30(17-19-8-6-7-14-27-19)26(33)29-24-9-4-5-10-25(24)32-3/h4-12,14,16,28H,13,15,17H2,1-3H3,(H,29,33). The highest BCUT2D eigenvalue weighted by Crippen LogP contribution is 2.28. The van der Waals surface area contributed by atoms with Crippen LogP contribution in [-0.4, -0.2) is 40.7 Å². The van der Waals surface area contributed by atoms with Crippen molar-refractivity contribution in [1.82, 2.24) is 14.9 Å². The van der Waals surface area contributed by atoms with Crippen molar-refractivity contribution < 1.29 is 9.47 Å². The van der Waals surface area contributed by atoms with Crippen molar-refractivity contribution in [2.45, 2.75) is 19.9 Å². The van der Waals surface area contributed by atoms with Gasteiger partial charge >= 0.3 is 0 Å². The largest absolute Gasteiger partial charge is 0.497 e. The van der Waals surface area contributed by atoms with Crippen LogP contribution in [0.25, 0.3) is 10.9 Å². The van der Waals surface area contributed by atoms with E-state index >= 15 is 0 Å². The number of aromatic nitrogens is 2. The Morgan fingerprint density at radius 2 is 1.88 bits per heavy atom. The highest BCUT2D eigenvalue weighted by molar-refractivity contribution is 7.80. The number of H-pyrrole nitrogens is 1. The van der Waals surface area contributed by atoms with Gasteiger partial charge in [0.1, 0.15) is 11.5 Å². The lowest BCUT2D eigenvalue weighted by molar-refractivity contribution is 0.412. The van der Waals surface area contributed by atoms with Crippen molar-refractivity contribution in [1.29, 1.82) is 0 Å². The fourth-order valence-corrected chi connectivity index (χ4v) is 4.20. The van der Waals surface area contributed by atoms with Gasteiger partial charge in [-0.3, -0.25) is 4.98 Å². The molecule has 4 rings (SSSR count). The van der Waals surface area contributed by atoms with E-state index in [-0.39, 0.29) is 0 Å². The highest BCUT2D eigenvalue weighted by atomic mass is 32.1. The Morgan fingerprint density at radius 1 is 1.06 bits per heavy atom. The van der Waals surface area contributed by atoms with Gasteiger partial charge in [0, 0.05) is 29.3 Å². The first-order chi connectivity index (χ1) is 16.1. The van der Waals surface area contributed by atoms with E-state index in [1.807, 2.05) is 48.5 Å². The average Bonchev–Trinajstić information content (AvgIpc) is 3.16. The van der Waals surface area contributed by atoms with Gasteiger partial charge in [0.15, 0.2) is 5.11 Å². The van der Waals surface area contributed by atoms with E-state index in [0.29, 0.717) is 11.7 Å². The van der Waals surface area contributed by atoms with Gasteiger partial charge < -0.3 is 24.7 Å². The smallest absolute Gasteiger partial charge is 0.173 e. The van der Waals surface area contributed by atoms with E-state index in [0.717, 1.165) is 47.1 Å². The molecule has 6 nitrogen and oxygen atoms in total. The Labute approximate surface area is 199 Å². The van der Waals surface area contributed by atoms with Crippen LogP contribution >= 0.6 is 12.2 Å². The lowest BCUT2D eigenvalue weighted by Gasteiger charge is -2.26. The van der Waals surface area contributed by atoms with Gasteiger partial charge in [0.05, 0.1) is 32.1 Å². The molecule has 7 heteroatoms. The predicted octanol–water partition coefficient (Wildman–Crippen LogP) is 5.33. The van der Waals surface area contributed by atoms with Gasteiger partial charge in [0.25, 0.3) is 0 Å². The molecule has 2 aromatic heterocycles. The molecule has 4 aromatic rings. The Morgan fingerprint density at radius 3 is 2.64 bits per heavy atom. The molecule has 0 saturated carbocycles. The number of hydrogen-bond acceptors (Lipinski definition) is 4. The summed E-state index contributed by atoms with van der Waals surface area (Å²) in [6.45, 7) is 3.44. The van der Waals surface area contributed by atoms with Crippen LogP contribution < -0.4 is 14.8 Å². The first-order valence-corrected chi connectivity index (χ1v) is 11.2. The molecule has 0 aliphatic rings. The molecule has 0 saturated heterocycles. The third-order valence-electron chi connectivity index (χ3n) is 5.67. The zero-order chi connectivity index (χ0) is 23.2. The summed E-state index contributed by atoms with van der Waals surface area (Å²) in [5.41, 5.74) is 5.31. The fourth-order valence-electron chi connectivity index (χ4n) is 3.94. The third kappa shape index (κ3) is 5.26. The first kappa shape index (κ1) is 22.6. The minimum absolute atomic E-state index is 0.604. The number of ether oxygens (including phenoxy) is 2. The summed E-state index contributed by atoms with van der Waals surface area (Å²) in [5, 5.41) is 5.16. The molecule has 0 radical (unpaired) electrons. The number of nitrogens with zero attached hydrogens (tertiary/aromatic N) is 2. The minimum atomic E-state index is 0.604. The first-order valence-electron chi connectivity index (χ1n) is 10.8. The Hall–Kier alpha value is -3.58. The van der Waals surface area contributed by atoms with Crippen LogP contribution in [0.2, 0.25) is 0 Å². The van der Waals surface area contributed by atoms with Crippen molar-refractivity contribution in [2.75, 3.05) is 26.1 Å². The van der Waals surface area contributed by atoms with Gasteiger partial charge in [-0.25, -0.2) is 0 Å². The summed E-state index contributed by atoms with van der Waals surface area (Å²) in [4.78, 5) is 10.1. The lowest BCUT2D eigenvalue weighted by Crippen LogP contribution is -2.36. The monoisotopic (exact) mass is 460 g/mol. The van der Waals surface area contributed by atoms with Crippen molar-refractivity contribution >= 4 is 33.9 Å². The molecule has 0 bridgehead atoms. The number of thiocarbonyl (C=S) groups is 1. The molecule has 33 heavy (non-hydrogen) atoms. The van der Waals surface area contributed by atoms with E-state index in [1.54, 1.807) is 20.4 Å². The van der Waals surface area contributed by atoms with Gasteiger partial charge in [-0.15, -0.1) is 0 Å². The summed E-state index contributed by atoms with van der Waals surface area (Å²) in [6, 6.07) is 19.8. The van der Waals surface area contributed by atoms with Crippen molar-refractivity contribution in [3.8, 4) is 11.5 Å². The van der Waals surface area contributed by atoms with Crippen LogP contribution in [0.1, 0.15) is 17.0 Å². The van der Waals surface area contributed by atoms with Crippen LogP contribution in [0, 0.1) is 6.92 Å². The molecule has 0 unspecified atom stereocenters. The molecule has 0 atom stereocenters. The second-order valence-electron chi connectivity index (χ2n) is 7.76. The average molecular weight is 461 g/mol. The number of aromatic amines is 1. The minimum Gasteiger partial charge on any atom is -0.497 e. The molecular formula is C26H28N4O2S. The fraction of sp³-hybridized carbons (Fsp3) is 0.231. The summed E-state index contributed by atoms with van der Waals surface area (Å²) >= 11 is 5.83. The van der Waals surface area contributed by atoms with Gasteiger partial charge in [-0.05, 0) is 73.6 Å². The number of rotatable bonds is 8. The molecular weight excluding hydrogens is 432 g/mol. The van der Waals surface area contributed by atoms with Crippen LogP contribution in [0.4, 0.5) is 5.69 Å². The van der Waals surface area contributed by atoms with E-state index in [9.17, 15) is 0 Å². The molecule has 0 aliphatic carbocycles. The Bertz CT molecular complexity index is 1240. The molecule has 2 N–H and O–H groups in total. The number of pyridine rings is 1. The predicted molar refractivity (Wildman–Crippen MR) is 137 cm³/mol. The maximum atomic E-state index is 5.83. The number of anilines is 1. The van der Waals surface area contributed by atoms with E-state index in [4.69, 9.17) is 21.7 Å². The summed E-state index contributed by atoms with van der Waals surface area (Å²) in [7, 11) is 3.35. The Balaban J connectivity index is 1.58. The molecule has 2 heterocycles. The van der Waals surface area contributed by atoms with Crippen molar-refractivity contribution in [2.24, 2.45) is 0 Å². The number of aryl methyl sites for hydroxylation is 1. The van der Waals surface area contributed by atoms with E-state index < -0.39 is 0 Å². The van der Waals surface area contributed by atoms with Gasteiger partial charge in [0.2, 0.25) is 0 Å². The molecule has 2 aromatic carbocycles. The zero-order valence-corrected chi connectivity index (χ0v) is 19.9. The number of methoxy groups -OCH3 is 2. The highest BCUT2D eigenvalue weighted by Gasteiger charge is 2.16. The number of hydrogen-bond donors (Lipinski definition) is 2. The molecule has 0 fully saturated rings. The molecule has 0 spiro atoms. The van der Waals surface area contributed by atoms with Gasteiger partial charge in [-0.1, -0.05) is 18.2 Å². The number of benzene rings is 2. The maximum Gasteiger partial charge on any atom is 0.173 e. The molecule has 170 valence electrons. The second kappa shape index (κ2) is 10.4. The van der Waals surface area contributed by atoms with E-state index in [2.05, 4.69) is 39.2 Å². The summed E-state index contributed by atoms with van der Waals surface area (Å²) in [6.07, 6.45) is 2.62. The van der Waals surface area contributed by atoms with Crippen molar-refractivity contribution in [3.63, 3.8) is 0 Å². The van der Waals surface area contributed by atoms with Crippen LogP contribution in [0.5, 0.6) is 11.5 Å². The number of nitrogens with one attached hydrogen (secondary N) is 2. The molecule has 0 amide bonds. The normalized spacial score (nSPS) is 10.8. The second-order valence-corrected chi connectivity index (χ2v) is 8.15. The van der Waals surface area contributed by atoms with E-state index in [1.165, 1.54) is 10.9 Å².